The third kappa shape index (κ3) is 4.21. The molecule has 0 spiro atoms. The fourth-order valence-electron chi connectivity index (χ4n) is 3.25. The van der Waals surface area contributed by atoms with E-state index in [1.807, 2.05) is 24.8 Å². The van der Waals surface area contributed by atoms with Crippen molar-refractivity contribution < 1.29 is 9.53 Å². The van der Waals surface area contributed by atoms with E-state index in [2.05, 4.69) is 36.4 Å². The second kappa shape index (κ2) is 8.39. The molecular weight excluding hydrogens is 316 g/mol. The second-order valence-electron chi connectivity index (χ2n) is 6.16. The second-order valence-corrected chi connectivity index (χ2v) is 7.50. The van der Waals surface area contributed by atoms with Crippen LogP contribution in [-0.4, -0.2) is 17.8 Å². The summed E-state index contributed by atoms with van der Waals surface area (Å²) in [5, 5.41) is 3.09. The van der Waals surface area contributed by atoms with Gasteiger partial charge in [0.15, 0.2) is 0 Å². The summed E-state index contributed by atoms with van der Waals surface area (Å²) in [6, 6.07) is 12.7. The van der Waals surface area contributed by atoms with Gasteiger partial charge < -0.3 is 4.74 Å². The van der Waals surface area contributed by atoms with Crippen molar-refractivity contribution in [2.45, 2.75) is 49.2 Å². The summed E-state index contributed by atoms with van der Waals surface area (Å²) in [4.78, 5) is 13.0. The number of fused-ring (bicyclic) bond motifs is 1. The van der Waals surface area contributed by atoms with Crippen LogP contribution < -0.4 is 0 Å². The van der Waals surface area contributed by atoms with E-state index < -0.39 is 0 Å². The lowest BCUT2D eigenvalue weighted by Gasteiger charge is -2.22. The first-order valence-electron chi connectivity index (χ1n) is 8.81. The third-order valence-electron chi connectivity index (χ3n) is 4.45. The minimum atomic E-state index is -0.279. The van der Waals surface area contributed by atoms with Gasteiger partial charge in [0.25, 0.3) is 0 Å². The van der Waals surface area contributed by atoms with Gasteiger partial charge in [0.05, 0.1) is 6.61 Å². The largest absolute Gasteiger partial charge is 0.463 e. The summed E-state index contributed by atoms with van der Waals surface area (Å²) < 4.78 is 5.03. The van der Waals surface area contributed by atoms with Crippen LogP contribution in [0.3, 0.4) is 0 Å². The molecule has 0 bridgehead atoms. The molecule has 2 aromatic carbocycles. The fraction of sp³-hybridized carbons (Fsp3) is 0.381. The SMILES string of the molecule is CCOC(=O)/C=C/c1c(SC2CCCCC2)ccc2ccccc12. The molecule has 1 aliphatic rings. The zero-order chi connectivity index (χ0) is 16.8. The van der Waals surface area contributed by atoms with Gasteiger partial charge in [-0.05, 0) is 48.2 Å². The van der Waals surface area contributed by atoms with Gasteiger partial charge in [-0.1, -0.05) is 49.6 Å². The number of esters is 1. The van der Waals surface area contributed by atoms with Crippen molar-refractivity contribution >= 4 is 34.6 Å². The van der Waals surface area contributed by atoms with Crippen molar-refractivity contribution in [3.8, 4) is 0 Å². The van der Waals surface area contributed by atoms with Crippen LogP contribution in [0.4, 0.5) is 0 Å². The Morgan fingerprint density at radius 1 is 1.17 bits per heavy atom. The molecule has 0 unspecified atom stereocenters. The molecule has 24 heavy (non-hydrogen) atoms. The van der Waals surface area contributed by atoms with Crippen molar-refractivity contribution in [1.82, 2.24) is 0 Å². The molecule has 0 saturated heterocycles. The lowest BCUT2D eigenvalue weighted by molar-refractivity contribution is -0.137. The van der Waals surface area contributed by atoms with Gasteiger partial charge >= 0.3 is 5.97 Å². The number of ether oxygens (including phenoxy) is 1. The number of hydrogen-bond acceptors (Lipinski definition) is 3. The molecule has 1 fully saturated rings. The topological polar surface area (TPSA) is 26.3 Å². The Morgan fingerprint density at radius 2 is 1.96 bits per heavy atom. The third-order valence-corrected chi connectivity index (χ3v) is 5.86. The summed E-state index contributed by atoms with van der Waals surface area (Å²) in [7, 11) is 0. The molecule has 0 amide bonds. The van der Waals surface area contributed by atoms with Crippen molar-refractivity contribution in [2.24, 2.45) is 0 Å². The lowest BCUT2D eigenvalue weighted by Crippen LogP contribution is -2.08. The molecule has 0 radical (unpaired) electrons. The van der Waals surface area contributed by atoms with Gasteiger partial charge in [0, 0.05) is 16.2 Å². The van der Waals surface area contributed by atoms with Gasteiger partial charge in [-0.25, -0.2) is 4.79 Å². The van der Waals surface area contributed by atoms with E-state index in [1.54, 1.807) is 6.08 Å². The summed E-state index contributed by atoms with van der Waals surface area (Å²) in [6.07, 6.45) is 10.1. The Hall–Kier alpha value is -1.74. The number of carbonyl (C=O) groups excluding carboxylic acids is 1. The van der Waals surface area contributed by atoms with E-state index in [4.69, 9.17) is 4.74 Å². The predicted molar refractivity (Wildman–Crippen MR) is 102 cm³/mol. The summed E-state index contributed by atoms with van der Waals surface area (Å²) >= 11 is 1.97. The Balaban J connectivity index is 1.94. The highest BCUT2D eigenvalue weighted by Gasteiger charge is 2.16. The monoisotopic (exact) mass is 340 g/mol. The van der Waals surface area contributed by atoms with Crippen LogP contribution in [0.1, 0.15) is 44.6 Å². The molecule has 126 valence electrons. The molecule has 3 heteroatoms. The Labute approximate surface area is 148 Å². The highest BCUT2D eigenvalue weighted by atomic mass is 32.2. The number of hydrogen-bond donors (Lipinski definition) is 0. The minimum Gasteiger partial charge on any atom is -0.463 e. The van der Waals surface area contributed by atoms with Crippen LogP contribution >= 0.6 is 11.8 Å². The van der Waals surface area contributed by atoms with Crippen LogP contribution in [0.2, 0.25) is 0 Å². The molecule has 1 aliphatic carbocycles. The van der Waals surface area contributed by atoms with Crippen LogP contribution in [-0.2, 0) is 9.53 Å². The molecule has 0 aromatic heterocycles. The Bertz CT molecular complexity index is 730. The van der Waals surface area contributed by atoms with E-state index in [-0.39, 0.29) is 5.97 Å². The van der Waals surface area contributed by atoms with Crippen LogP contribution in [0.5, 0.6) is 0 Å². The Kier molecular flexibility index (Phi) is 5.97. The number of carbonyl (C=O) groups is 1. The van der Waals surface area contributed by atoms with E-state index in [1.165, 1.54) is 47.8 Å². The van der Waals surface area contributed by atoms with Crippen LogP contribution in [0.25, 0.3) is 16.8 Å². The minimum absolute atomic E-state index is 0.279. The molecule has 3 rings (SSSR count). The quantitative estimate of drug-likeness (QED) is 0.505. The zero-order valence-electron chi connectivity index (χ0n) is 14.2. The smallest absolute Gasteiger partial charge is 0.330 e. The van der Waals surface area contributed by atoms with Gasteiger partial charge in [-0.15, -0.1) is 11.8 Å². The first-order valence-corrected chi connectivity index (χ1v) is 9.69. The first kappa shape index (κ1) is 17.1. The van der Waals surface area contributed by atoms with E-state index in [0.29, 0.717) is 11.9 Å². The standard InChI is InChI=1S/C21H24O2S/c1-2-23-21(22)15-13-19-18-11-7-6-8-16(18)12-14-20(19)24-17-9-4-3-5-10-17/h6-8,11-15,17H,2-5,9-10H2,1H3/b15-13+. The molecule has 0 aliphatic heterocycles. The highest BCUT2D eigenvalue weighted by Crippen LogP contribution is 2.38. The molecule has 1 saturated carbocycles. The maximum atomic E-state index is 11.7. The maximum absolute atomic E-state index is 11.7. The summed E-state index contributed by atoms with van der Waals surface area (Å²) in [5.74, 6) is -0.279. The van der Waals surface area contributed by atoms with E-state index in [0.717, 1.165) is 5.56 Å². The van der Waals surface area contributed by atoms with E-state index in [9.17, 15) is 4.79 Å². The van der Waals surface area contributed by atoms with Gasteiger partial charge in [0.2, 0.25) is 0 Å². The Morgan fingerprint density at radius 3 is 2.75 bits per heavy atom. The summed E-state index contributed by atoms with van der Waals surface area (Å²) in [6.45, 7) is 2.23. The molecule has 2 nitrogen and oxygen atoms in total. The molecule has 0 heterocycles. The highest BCUT2D eigenvalue weighted by molar-refractivity contribution is 8.00. The lowest BCUT2D eigenvalue weighted by atomic mass is 10.0. The fourth-order valence-corrected chi connectivity index (χ4v) is 4.63. The molecule has 2 aromatic rings. The predicted octanol–water partition coefficient (Wildman–Crippen LogP) is 5.84. The van der Waals surface area contributed by atoms with Crippen LogP contribution in [0.15, 0.2) is 47.4 Å². The average Bonchev–Trinajstić information content (AvgIpc) is 2.62. The zero-order valence-corrected chi connectivity index (χ0v) is 15.0. The molecule has 0 atom stereocenters. The van der Waals surface area contributed by atoms with E-state index >= 15 is 0 Å². The molecular formula is C21H24O2S. The first-order chi connectivity index (χ1) is 11.8. The van der Waals surface area contributed by atoms with Gasteiger partial charge in [-0.2, -0.15) is 0 Å². The van der Waals surface area contributed by atoms with Gasteiger partial charge in [-0.3, -0.25) is 0 Å². The number of benzene rings is 2. The number of rotatable bonds is 5. The van der Waals surface area contributed by atoms with Gasteiger partial charge in [0.1, 0.15) is 0 Å². The number of thioether (sulfide) groups is 1. The van der Waals surface area contributed by atoms with Crippen molar-refractivity contribution in [3.05, 3.63) is 48.0 Å². The van der Waals surface area contributed by atoms with Crippen molar-refractivity contribution in [1.29, 1.82) is 0 Å². The molecule has 0 N–H and O–H groups in total. The summed E-state index contributed by atoms with van der Waals surface area (Å²) in [5.41, 5.74) is 1.14. The van der Waals surface area contributed by atoms with Crippen molar-refractivity contribution in [2.75, 3.05) is 6.61 Å². The van der Waals surface area contributed by atoms with Crippen molar-refractivity contribution in [3.63, 3.8) is 0 Å². The normalized spacial score (nSPS) is 15.9. The average molecular weight is 340 g/mol. The maximum Gasteiger partial charge on any atom is 0.330 e. The van der Waals surface area contributed by atoms with Crippen LogP contribution in [0, 0.1) is 0 Å².